The molecule has 5 heteroatoms. The summed E-state index contributed by atoms with van der Waals surface area (Å²) in [5.74, 6) is -1.00. The van der Waals surface area contributed by atoms with Crippen LogP contribution in [0.25, 0.3) is 0 Å². The predicted octanol–water partition coefficient (Wildman–Crippen LogP) is 3.13. The third-order valence-corrected chi connectivity index (χ3v) is 3.46. The molecule has 2 N–H and O–H groups in total. The Bertz CT molecular complexity index is 451. The molecule has 0 aliphatic rings. The van der Waals surface area contributed by atoms with E-state index < -0.39 is 5.91 Å². The maximum atomic E-state index is 13.3. The number of methoxy groups -OCH3 is 1. The van der Waals surface area contributed by atoms with Crippen molar-refractivity contribution in [1.82, 2.24) is 5.48 Å². The largest absolute Gasteiger partial charge is 0.377 e. The standard InChI is InChI=1S/C15H22FNO3/c1-4-5-12(15(18)17-19)9-14(20-3)11-6-7-13(16)10(2)8-11/h6-8,12,14,19H,4-5,9H2,1-3H3,(H,17,18)/t12-,14-/m1/s1. The Morgan fingerprint density at radius 1 is 1.50 bits per heavy atom. The van der Waals surface area contributed by atoms with E-state index in [0.29, 0.717) is 18.4 Å². The van der Waals surface area contributed by atoms with E-state index in [4.69, 9.17) is 9.94 Å². The van der Waals surface area contributed by atoms with Gasteiger partial charge in [0.1, 0.15) is 5.82 Å². The van der Waals surface area contributed by atoms with Gasteiger partial charge in [0.25, 0.3) is 0 Å². The van der Waals surface area contributed by atoms with Crippen molar-refractivity contribution in [3.05, 3.63) is 35.1 Å². The van der Waals surface area contributed by atoms with E-state index in [9.17, 15) is 9.18 Å². The van der Waals surface area contributed by atoms with Gasteiger partial charge in [-0.25, -0.2) is 9.87 Å². The summed E-state index contributed by atoms with van der Waals surface area (Å²) in [4.78, 5) is 11.6. The highest BCUT2D eigenvalue weighted by molar-refractivity contribution is 5.77. The minimum Gasteiger partial charge on any atom is -0.377 e. The molecule has 1 amide bonds. The Balaban J connectivity index is 2.88. The first-order valence-electron chi connectivity index (χ1n) is 6.76. The monoisotopic (exact) mass is 283 g/mol. The van der Waals surface area contributed by atoms with Crippen LogP contribution in [0.3, 0.4) is 0 Å². The van der Waals surface area contributed by atoms with Gasteiger partial charge < -0.3 is 4.74 Å². The zero-order valence-electron chi connectivity index (χ0n) is 12.1. The van der Waals surface area contributed by atoms with Crippen LogP contribution in [0, 0.1) is 18.7 Å². The number of carbonyl (C=O) groups excluding carboxylic acids is 1. The molecule has 0 fully saturated rings. The molecular formula is C15H22FNO3. The number of hydrogen-bond donors (Lipinski definition) is 2. The molecule has 0 aliphatic heterocycles. The molecule has 4 nitrogen and oxygen atoms in total. The molecular weight excluding hydrogens is 261 g/mol. The number of amides is 1. The van der Waals surface area contributed by atoms with Crippen LogP contribution >= 0.6 is 0 Å². The molecule has 20 heavy (non-hydrogen) atoms. The molecule has 0 aromatic heterocycles. The summed E-state index contributed by atoms with van der Waals surface area (Å²) in [7, 11) is 1.56. The maximum absolute atomic E-state index is 13.3. The molecule has 0 heterocycles. The Hall–Kier alpha value is -1.46. The van der Waals surface area contributed by atoms with Gasteiger partial charge in [0.05, 0.1) is 6.10 Å². The van der Waals surface area contributed by atoms with Crippen molar-refractivity contribution < 1.29 is 19.1 Å². The van der Waals surface area contributed by atoms with Crippen LogP contribution in [-0.2, 0) is 9.53 Å². The van der Waals surface area contributed by atoms with E-state index in [1.165, 1.54) is 6.07 Å². The topological polar surface area (TPSA) is 58.6 Å². The van der Waals surface area contributed by atoms with Gasteiger partial charge in [-0.2, -0.15) is 0 Å². The van der Waals surface area contributed by atoms with E-state index in [2.05, 4.69) is 0 Å². The SMILES string of the molecule is CCC[C@H](C[C@@H](OC)c1ccc(F)c(C)c1)C(=O)NO. The first kappa shape index (κ1) is 16.6. The number of hydroxylamine groups is 1. The van der Waals surface area contributed by atoms with Crippen molar-refractivity contribution in [2.24, 2.45) is 5.92 Å². The lowest BCUT2D eigenvalue weighted by molar-refractivity contribution is -0.135. The normalized spacial score (nSPS) is 13.8. The van der Waals surface area contributed by atoms with Crippen LogP contribution in [0.15, 0.2) is 18.2 Å². The van der Waals surface area contributed by atoms with E-state index in [-0.39, 0.29) is 17.8 Å². The number of aryl methyl sites for hydroxylation is 1. The quantitative estimate of drug-likeness (QED) is 0.597. The van der Waals surface area contributed by atoms with E-state index in [1.54, 1.807) is 31.6 Å². The number of benzene rings is 1. The van der Waals surface area contributed by atoms with Crippen molar-refractivity contribution in [3.63, 3.8) is 0 Å². The molecule has 0 unspecified atom stereocenters. The summed E-state index contributed by atoms with van der Waals surface area (Å²) in [6, 6.07) is 4.79. The van der Waals surface area contributed by atoms with Gasteiger partial charge in [-0.05, 0) is 37.0 Å². The average molecular weight is 283 g/mol. The average Bonchev–Trinajstić information content (AvgIpc) is 2.45. The zero-order chi connectivity index (χ0) is 15.1. The van der Waals surface area contributed by atoms with Gasteiger partial charge >= 0.3 is 0 Å². The molecule has 2 atom stereocenters. The van der Waals surface area contributed by atoms with Crippen molar-refractivity contribution in [3.8, 4) is 0 Å². The van der Waals surface area contributed by atoms with Crippen molar-refractivity contribution in [2.75, 3.05) is 7.11 Å². The minimum atomic E-state index is -0.410. The predicted molar refractivity (Wildman–Crippen MR) is 73.8 cm³/mol. The van der Waals surface area contributed by atoms with Crippen molar-refractivity contribution >= 4 is 5.91 Å². The molecule has 0 saturated heterocycles. The van der Waals surface area contributed by atoms with Crippen LogP contribution in [0.2, 0.25) is 0 Å². The van der Waals surface area contributed by atoms with Crippen LogP contribution in [0.1, 0.15) is 43.4 Å². The minimum absolute atomic E-state index is 0.262. The molecule has 0 radical (unpaired) electrons. The first-order valence-corrected chi connectivity index (χ1v) is 6.76. The highest BCUT2D eigenvalue weighted by Gasteiger charge is 2.23. The Labute approximate surface area is 118 Å². The maximum Gasteiger partial charge on any atom is 0.246 e. The molecule has 112 valence electrons. The Kier molecular flexibility index (Phi) is 6.61. The fraction of sp³-hybridized carbons (Fsp3) is 0.533. The van der Waals surface area contributed by atoms with Crippen LogP contribution in [-0.4, -0.2) is 18.2 Å². The van der Waals surface area contributed by atoms with Gasteiger partial charge in [0.15, 0.2) is 0 Å². The third-order valence-electron chi connectivity index (χ3n) is 3.46. The Morgan fingerprint density at radius 2 is 2.20 bits per heavy atom. The lowest BCUT2D eigenvalue weighted by Gasteiger charge is -2.21. The summed E-state index contributed by atoms with van der Waals surface area (Å²) in [6.45, 7) is 3.66. The van der Waals surface area contributed by atoms with Gasteiger partial charge in [-0.1, -0.05) is 25.5 Å². The van der Waals surface area contributed by atoms with Crippen LogP contribution in [0.4, 0.5) is 4.39 Å². The van der Waals surface area contributed by atoms with Gasteiger partial charge in [-0.3, -0.25) is 10.0 Å². The summed E-state index contributed by atoms with van der Waals surface area (Å²) < 4.78 is 18.7. The fourth-order valence-corrected chi connectivity index (χ4v) is 2.29. The molecule has 0 aliphatic carbocycles. The van der Waals surface area contributed by atoms with Gasteiger partial charge in [0, 0.05) is 13.0 Å². The van der Waals surface area contributed by atoms with Crippen molar-refractivity contribution in [2.45, 2.75) is 39.2 Å². The lowest BCUT2D eigenvalue weighted by Crippen LogP contribution is -2.29. The highest BCUT2D eigenvalue weighted by atomic mass is 19.1. The first-order chi connectivity index (χ1) is 9.53. The smallest absolute Gasteiger partial charge is 0.246 e. The second-order valence-corrected chi connectivity index (χ2v) is 4.93. The molecule has 0 spiro atoms. The van der Waals surface area contributed by atoms with Crippen LogP contribution < -0.4 is 5.48 Å². The molecule has 1 rings (SSSR count). The van der Waals surface area contributed by atoms with Gasteiger partial charge in [0.2, 0.25) is 5.91 Å². The molecule has 0 saturated carbocycles. The summed E-state index contributed by atoms with van der Waals surface area (Å²) >= 11 is 0. The van der Waals surface area contributed by atoms with E-state index in [1.807, 2.05) is 6.92 Å². The second-order valence-electron chi connectivity index (χ2n) is 4.93. The van der Waals surface area contributed by atoms with E-state index >= 15 is 0 Å². The number of carbonyl (C=O) groups is 1. The third kappa shape index (κ3) is 4.28. The summed E-state index contributed by atoms with van der Waals surface area (Å²) in [5.41, 5.74) is 3.07. The molecule has 1 aromatic carbocycles. The number of halogens is 1. The summed E-state index contributed by atoms with van der Waals surface area (Å²) in [5, 5.41) is 8.78. The Morgan fingerprint density at radius 3 is 2.70 bits per heavy atom. The lowest BCUT2D eigenvalue weighted by atomic mass is 9.92. The number of nitrogens with one attached hydrogen (secondary N) is 1. The summed E-state index contributed by atoms with van der Waals surface area (Å²) in [6.07, 6.45) is 1.63. The highest BCUT2D eigenvalue weighted by Crippen LogP contribution is 2.28. The molecule has 0 bridgehead atoms. The van der Waals surface area contributed by atoms with Gasteiger partial charge in [-0.15, -0.1) is 0 Å². The zero-order valence-corrected chi connectivity index (χ0v) is 12.1. The van der Waals surface area contributed by atoms with Crippen LogP contribution in [0.5, 0.6) is 0 Å². The number of hydrogen-bond acceptors (Lipinski definition) is 3. The number of ether oxygens (including phenoxy) is 1. The van der Waals surface area contributed by atoms with Crippen molar-refractivity contribution in [1.29, 1.82) is 0 Å². The number of rotatable bonds is 7. The molecule has 1 aromatic rings. The van der Waals surface area contributed by atoms with E-state index in [0.717, 1.165) is 12.0 Å². The second kappa shape index (κ2) is 7.97. The fourth-order valence-electron chi connectivity index (χ4n) is 2.29.